The summed E-state index contributed by atoms with van der Waals surface area (Å²) in [5.41, 5.74) is 0. The van der Waals surface area contributed by atoms with Gasteiger partial charge in [0.05, 0.1) is 0 Å². The molecule has 0 aromatic heterocycles. The van der Waals surface area contributed by atoms with Gasteiger partial charge in [0.1, 0.15) is 0 Å². The molecule has 0 heterocycles. The summed E-state index contributed by atoms with van der Waals surface area (Å²) in [5, 5.41) is 0. The van der Waals surface area contributed by atoms with Gasteiger partial charge in [0.15, 0.2) is 0 Å². The minimum Gasteiger partial charge on any atom is -0.516 e. The number of carbonyl (C=O) groups excluding carboxylic acids is 2. The van der Waals surface area contributed by atoms with Gasteiger partial charge in [0, 0.05) is 12.2 Å². The van der Waals surface area contributed by atoms with E-state index in [4.69, 9.17) is 8.85 Å². The molecule has 0 unspecified atom stereocenters. The quantitative estimate of drug-likeness (QED) is 0.107. The zero-order valence-corrected chi connectivity index (χ0v) is 25.5. The van der Waals surface area contributed by atoms with Crippen LogP contribution in [0.5, 0.6) is 0 Å². The van der Waals surface area contributed by atoms with Gasteiger partial charge in [-0.2, -0.15) is 0 Å². The highest BCUT2D eigenvalue weighted by molar-refractivity contribution is 6.75. The van der Waals surface area contributed by atoms with Gasteiger partial charge in [-0.15, -0.1) is 0 Å². The summed E-state index contributed by atoms with van der Waals surface area (Å²) < 4.78 is 12.5. The lowest BCUT2D eigenvalue weighted by Gasteiger charge is -2.31. The number of rotatable bonds is 22. The molecule has 0 radical (unpaired) electrons. The molecule has 6 heteroatoms. The molecule has 0 aromatic rings. The number of carbonyl (C=O) groups is 2. The van der Waals surface area contributed by atoms with Crippen molar-refractivity contribution in [2.75, 3.05) is 0 Å². The first-order valence-electron chi connectivity index (χ1n) is 14.5. The van der Waals surface area contributed by atoms with Crippen LogP contribution in [-0.2, 0) is 18.4 Å². The van der Waals surface area contributed by atoms with Crippen molar-refractivity contribution >= 4 is 28.6 Å². The highest BCUT2D eigenvalue weighted by Gasteiger charge is 2.37. The topological polar surface area (TPSA) is 52.6 Å². The van der Waals surface area contributed by atoms with Crippen LogP contribution >= 0.6 is 0 Å². The molecule has 4 nitrogen and oxygen atoms in total. The largest absolute Gasteiger partial charge is 0.516 e. The van der Waals surface area contributed by atoms with E-state index in [1.54, 1.807) is 0 Å². The lowest BCUT2D eigenvalue weighted by Crippen LogP contribution is -2.40. The third kappa shape index (κ3) is 14.5. The molecule has 200 valence electrons. The Morgan fingerprint density at radius 3 is 0.853 bits per heavy atom. The normalized spacial score (nSPS) is 12.3. The molecule has 0 fully saturated rings. The molecule has 0 amide bonds. The van der Waals surface area contributed by atoms with Crippen LogP contribution in [0.25, 0.3) is 0 Å². The summed E-state index contributed by atoms with van der Waals surface area (Å²) in [5.74, 6) is -0.676. The van der Waals surface area contributed by atoms with Crippen molar-refractivity contribution in [1.82, 2.24) is 0 Å². The van der Waals surface area contributed by atoms with E-state index in [9.17, 15) is 9.59 Å². The average molecular weight is 513 g/mol. The van der Waals surface area contributed by atoms with E-state index >= 15 is 0 Å². The Bertz CT molecular complexity index is 471. The number of hydrogen-bond acceptors (Lipinski definition) is 4. The van der Waals surface area contributed by atoms with Crippen molar-refractivity contribution in [3.05, 3.63) is 12.2 Å². The number of hydrogen-bond donors (Lipinski definition) is 0. The molecular formula is C28H56O4Si2. The summed E-state index contributed by atoms with van der Waals surface area (Å²) in [6.45, 7) is 13.2. The molecule has 0 N–H and O–H groups in total. The fourth-order valence-electron chi connectivity index (χ4n) is 4.68. The molecule has 0 aliphatic heterocycles. The summed E-state index contributed by atoms with van der Waals surface area (Å²) in [6, 6.07) is 6.22. The van der Waals surface area contributed by atoms with Crippen LogP contribution in [0, 0.1) is 0 Å². The van der Waals surface area contributed by atoms with Crippen LogP contribution in [0.3, 0.4) is 0 Å². The van der Waals surface area contributed by atoms with E-state index in [0.717, 1.165) is 113 Å². The van der Waals surface area contributed by atoms with Crippen LogP contribution in [0.1, 0.15) is 119 Å². The lowest BCUT2D eigenvalue weighted by atomic mass is 10.4. The predicted molar refractivity (Wildman–Crippen MR) is 151 cm³/mol. The molecular weight excluding hydrogens is 456 g/mol. The molecule has 0 aliphatic rings. The van der Waals surface area contributed by atoms with E-state index in [-0.39, 0.29) is 11.9 Å². The molecule has 34 heavy (non-hydrogen) atoms. The summed E-state index contributed by atoms with van der Waals surface area (Å²) in [7, 11) is -4.27. The second kappa shape index (κ2) is 20.3. The van der Waals surface area contributed by atoms with Gasteiger partial charge in [-0.25, -0.2) is 9.59 Å². The standard InChI is InChI=1S/C28H56O4Si2/c1-7-13-21-33(22-14-8-2,23-15-9-3)31-27(29)19-20-28(30)32-34(24-16-10-4,25-17-11-5)26-18-12-6/h19-20H,7-18,21-26H2,1-6H3. The van der Waals surface area contributed by atoms with E-state index in [2.05, 4.69) is 41.5 Å². The maximum absolute atomic E-state index is 12.9. The third-order valence-corrected chi connectivity index (χ3v) is 15.8. The Labute approximate surface area is 213 Å². The SMILES string of the molecule is CCCC[Si](CCCC)(CCCC)OC(=O)C=CC(=O)O[Si](CCCC)(CCCC)CCCC. The second-order valence-corrected chi connectivity index (χ2v) is 18.3. The van der Waals surface area contributed by atoms with Crippen molar-refractivity contribution in [3.8, 4) is 0 Å². The Kier molecular flexibility index (Phi) is 19.8. The van der Waals surface area contributed by atoms with Gasteiger partial charge in [-0.05, 0) is 36.3 Å². The van der Waals surface area contributed by atoms with E-state index in [1.807, 2.05) is 0 Å². The summed E-state index contributed by atoms with van der Waals surface area (Å²) >= 11 is 0. The summed E-state index contributed by atoms with van der Waals surface area (Å²) in [6.07, 6.45) is 16.1. The van der Waals surface area contributed by atoms with Crippen LogP contribution < -0.4 is 0 Å². The maximum Gasteiger partial charge on any atom is 0.317 e. The Balaban J connectivity index is 5.41. The van der Waals surface area contributed by atoms with Crippen molar-refractivity contribution < 1.29 is 18.4 Å². The van der Waals surface area contributed by atoms with Crippen LogP contribution in [-0.4, -0.2) is 28.6 Å². The highest BCUT2D eigenvalue weighted by Crippen LogP contribution is 2.31. The van der Waals surface area contributed by atoms with Gasteiger partial charge in [-0.1, -0.05) is 119 Å². The molecule has 0 atom stereocenters. The Morgan fingerprint density at radius 2 is 0.676 bits per heavy atom. The van der Waals surface area contributed by atoms with Crippen molar-refractivity contribution in [3.63, 3.8) is 0 Å². The number of unbranched alkanes of at least 4 members (excludes halogenated alkanes) is 6. The molecule has 0 saturated carbocycles. The lowest BCUT2D eigenvalue weighted by molar-refractivity contribution is -0.132. The zero-order chi connectivity index (χ0) is 25.7. The Hall–Kier alpha value is -0.886. The average Bonchev–Trinajstić information content (AvgIpc) is 2.84. The van der Waals surface area contributed by atoms with E-state index in [1.165, 1.54) is 12.2 Å². The first-order valence-corrected chi connectivity index (χ1v) is 19.6. The molecule has 0 aromatic carbocycles. The van der Waals surface area contributed by atoms with Gasteiger partial charge in [0.2, 0.25) is 0 Å². The highest BCUT2D eigenvalue weighted by atomic mass is 28.4. The fourth-order valence-corrected chi connectivity index (χ4v) is 13.8. The van der Waals surface area contributed by atoms with Crippen LogP contribution in [0.15, 0.2) is 12.2 Å². The smallest absolute Gasteiger partial charge is 0.317 e. The zero-order valence-electron chi connectivity index (χ0n) is 23.5. The van der Waals surface area contributed by atoms with Gasteiger partial charge in [0.25, 0.3) is 16.6 Å². The van der Waals surface area contributed by atoms with E-state index < -0.39 is 16.6 Å². The van der Waals surface area contributed by atoms with Crippen LogP contribution in [0.2, 0.25) is 36.3 Å². The van der Waals surface area contributed by atoms with Crippen LogP contribution in [0.4, 0.5) is 0 Å². The minimum absolute atomic E-state index is 0.338. The van der Waals surface area contributed by atoms with E-state index in [0.29, 0.717) is 0 Å². The first-order chi connectivity index (χ1) is 16.4. The van der Waals surface area contributed by atoms with Gasteiger partial charge in [-0.3, -0.25) is 0 Å². The second-order valence-electron chi connectivity index (χ2n) is 10.2. The predicted octanol–water partition coefficient (Wildman–Crippen LogP) is 9.32. The summed E-state index contributed by atoms with van der Waals surface area (Å²) in [4.78, 5) is 25.7. The maximum atomic E-state index is 12.9. The van der Waals surface area contributed by atoms with Crippen molar-refractivity contribution in [2.24, 2.45) is 0 Å². The van der Waals surface area contributed by atoms with Gasteiger partial charge < -0.3 is 8.85 Å². The molecule has 0 saturated heterocycles. The fraction of sp³-hybridized carbons (Fsp3) is 0.857. The monoisotopic (exact) mass is 512 g/mol. The molecule has 0 bridgehead atoms. The van der Waals surface area contributed by atoms with Crippen molar-refractivity contribution in [2.45, 2.75) is 155 Å². The van der Waals surface area contributed by atoms with Gasteiger partial charge >= 0.3 is 11.9 Å². The molecule has 0 rings (SSSR count). The third-order valence-electron chi connectivity index (χ3n) is 6.91. The Morgan fingerprint density at radius 1 is 0.471 bits per heavy atom. The van der Waals surface area contributed by atoms with Crippen molar-refractivity contribution in [1.29, 1.82) is 0 Å². The molecule has 0 aliphatic carbocycles. The minimum atomic E-state index is -2.14. The first kappa shape index (κ1) is 33.1. The molecule has 0 spiro atoms.